The maximum atomic E-state index is 12.7. The first kappa shape index (κ1) is 20.7. The quantitative estimate of drug-likeness (QED) is 0.843. The van der Waals surface area contributed by atoms with Crippen LogP contribution in [0.5, 0.6) is 0 Å². The van der Waals surface area contributed by atoms with Crippen molar-refractivity contribution in [1.82, 2.24) is 10.2 Å². The highest BCUT2D eigenvalue weighted by molar-refractivity contribution is 5.94. The van der Waals surface area contributed by atoms with E-state index in [1.165, 1.54) is 0 Å². The Kier molecular flexibility index (Phi) is 7.47. The molecular formula is C20H30ClN3O2. The molecule has 3 atom stereocenters. The standard InChI is InChI=1S/C20H29N3O2.ClH/c1-14-7-9-15(10-8-14)20(25)23-11-3-5-17(13-23)19(24)22-18-6-2-4-16(18)12-21;/h7-10,16-18H,2-6,11-13,21H2,1H3,(H,22,24);1H. The molecule has 144 valence electrons. The van der Waals surface area contributed by atoms with E-state index in [1.54, 1.807) is 0 Å². The van der Waals surface area contributed by atoms with Gasteiger partial charge in [-0.15, -0.1) is 12.4 Å². The minimum atomic E-state index is -0.109. The van der Waals surface area contributed by atoms with E-state index in [2.05, 4.69) is 5.32 Å². The third-order valence-corrected chi connectivity index (χ3v) is 5.67. The molecule has 1 saturated carbocycles. The van der Waals surface area contributed by atoms with E-state index in [4.69, 9.17) is 5.73 Å². The van der Waals surface area contributed by atoms with Crippen molar-refractivity contribution in [2.45, 2.75) is 45.1 Å². The summed E-state index contributed by atoms with van der Waals surface area (Å²) in [4.78, 5) is 27.2. The molecule has 6 heteroatoms. The van der Waals surface area contributed by atoms with E-state index in [0.29, 0.717) is 24.6 Å². The lowest BCUT2D eigenvalue weighted by Crippen LogP contribution is -2.48. The molecule has 1 heterocycles. The molecule has 0 bridgehead atoms. The molecule has 1 aliphatic carbocycles. The van der Waals surface area contributed by atoms with Gasteiger partial charge in [0.05, 0.1) is 5.92 Å². The highest BCUT2D eigenvalue weighted by Crippen LogP contribution is 2.26. The zero-order valence-corrected chi connectivity index (χ0v) is 16.3. The van der Waals surface area contributed by atoms with Gasteiger partial charge >= 0.3 is 0 Å². The first-order valence-electron chi connectivity index (χ1n) is 9.45. The number of hydrogen-bond acceptors (Lipinski definition) is 3. The first-order chi connectivity index (χ1) is 12.1. The number of benzene rings is 1. The van der Waals surface area contributed by atoms with Gasteiger partial charge in [-0.05, 0) is 57.2 Å². The van der Waals surface area contributed by atoms with Crippen LogP contribution >= 0.6 is 12.4 Å². The smallest absolute Gasteiger partial charge is 0.253 e. The maximum Gasteiger partial charge on any atom is 0.253 e. The third-order valence-electron chi connectivity index (χ3n) is 5.67. The Morgan fingerprint density at radius 2 is 1.88 bits per heavy atom. The largest absolute Gasteiger partial charge is 0.353 e. The van der Waals surface area contributed by atoms with Crippen LogP contribution in [-0.4, -0.2) is 42.4 Å². The van der Waals surface area contributed by atoms with Crippen molar-refractivity contribution in [3.05, 3.63) is 35.4 Å². The summed E-state index contributed by atoms with van der Waals surface area (Å²) in [7, 11) is 0. The zero-order chi connectivity index (χ0) is 17.8. The van der Waals surface area contributed by atoms with Gasteiger partial charge in [0, 0.05) is 24.7 Å². The fourth-order valence-electron chi connectivity index (χ4n) is 4.06. The van der Waals surface area contributed by atoms with E-state index in [1.807, 2.05) is 36.1 Å². The van der Waals surface area contributed by atoms with Crippen LogP contribution in [0.2, 0.25) is 0 Å². The molecule has 1 aromatic carbocycles. The van der Waals surface area contributed by atoms with Gasteiger partial charge in [0.25, 0.3) is 5.91 Å². The summed E-state index contributed by atoms with van der Waals surface area (Å²) in [6, 6.07) is 7.85. The van der Waals surface area contributed by atoms with Crippen molar-refractivity contribution in [3.8, 4) is 0 Å². The summed E-state index contributed by atoms with van der Waals surface area (Å²) >= 11 is 0. The van der Waals surface area contributed by atoms with Gasteiger partial charge in [-0.2, -0.15) is 0 Å². The van der Waals surface area contributed by atoms with Gasteiger partial charge in [-0.3, -0.25) is 9.59 Å². The number of rotatable bonds is 4. The van der Waals surface area contributed by atoms with E-state index < -0.39 is 0 Å². The normalized spacial score (nSPS) is 25.5. The first-order valence-corrected chi connectivity index (χ1v) is 9.45. The average molecular weight is 380 g/mol. The van der Waals surface area contributed by atoms with Crippen LogP contribution in [0, 0.1) is 18.8 Å². The van der Waals surface area contributed by atoms with Crippen LogP contribution in [0.15, 0.2) is 24.3 Å². The Morgan fingerprint density at radius 1 is 1.15 bits per heavy atom. The number of aryl methyl sites for hydroxylation is 1. The number of hydrogen-bond donors (Lipinski definition) is 2. The van der Waals surface area contributed by atoms with Crippen LogP contribution in [0.1, 0.15) is 48.0 Å². The molecule has 2 fully saturated rings. The number of halogens is 1. The van der Waals surface area contributed by atoms with Gasteiger partial charge in [0.15, 0.2) is 0 Å². The van der Waals surface area contributed by atoms with E-state index in [-0.39, 0.29) is 36.2 Å². The Hall–Kier alpha value is -1.59. The second-order valence-corrected chi connectivity index (χ2v) is 7.50. The molecule has 5 nitrogen and oxygen atoms in total. The zero-order valence-electron chi connectivity index (χ0n) is 15.4. The van der Waals surface area contributed by atoms with E-state index >= 15 is 0 Å². The van der Waals surface area contributed by atoms with Crippen molar-refractivity contribution >= 4 is 24.2 Å². The molecule has 0 spiro atoms. The minimum Gasteiger partial charge on any atom is -0.353 e. The second kappa shape index (κ2) is 9.38. The lowest BCUT2D eigenvalue weighted by Gasteiger charge is -2.33. The highest BCUT2D eigenvalue weighted by atomic mass is 35.5. The monoisotopic (exact) mass is 379 g/mol. The number of nitrogens with two attached hydrogens (primary N) is 1. The molecule has 2 aliphatic rings. The van der Waals surface area contributed by atoms with Gasteiger partial charge < -0.3 is 16.0 Å². The number of nitrogens with zero attached hydrogens (tertiary/aromatic N) is 1. The molecule has 0 aromatic heterocycles. The van der Waals surface area contributed by atoms with Crippen LogP contribution in [0.25, 0.3) is 0 Å². The Bertz CT molecular complexity index is 620. The molecule has 26 heavy (non-hydrogen) atoms. The van der Waals surface area contributed by atoms with Gasteiger partial charge in [-0.25, -0.2) is 0 Å². The Morgan fingerprint density at radius 3 is 2.58 bits per heavy atom. The third kappa shape index (κ3) is 4.77. The minimum absolute atomic E-state index is 0. The molecule has 3 N–H and O–H groups in total. The summed E-state index contributed by atoms with van der Waals surface area (Å²) in [6.45, 7) is 3.88. The fraction of sp³-hybridized carbons (Fsp3) is 0.600. The number of piperidine rings is 1. The molecular weight excluding hydrogens is 350 g/mol. The average Bonchev–Trinajstić information content (AvgIpc) is 3.09. The molecule has 1 aliphatic heterocycles. The predicted molar refractivity (Wildman–Crippen MR) is 105 cm³/mol. The van der Waals surface area contributed by atoms with Gasteiger partial charge in [-0.1, -0.05) is 24.1 Å². The summed E-state index contributed by atoms with van der Waals surface area (Å²) in [5, 5.41) is 3.20. The van der Waals surface area contributed by atoms with Crippen LogP contribution in [0.4, 0.5) is 0 Å². The molecule has 1 saturated heterocycles. The van der Waals surface area contributed by atoms with Crippen molar-refractivity contribution < 1.29 is 9.59 Å². The van der Waals surface area contributed by atoms with Gasteiger partial charge in [0.1, 0.15) is 0 Å². The summed E-state index contributed by atoms with van der Waals surface area (Å²) < 4.78 is 0. The van der Waals surface area contributed by atoms with E-state index in [9.17, 15) is 9.59 Å². The second-order valence-electron chi connectivity index (χ2n) is 7.50. The Labute approximate surface area is 162 Å². The summed E-state index contributed by atoms with van der Waals surface area (Å²) in [5.41, 5.74) is 7.65. The van der Waals surface area contributed by atoms with Crippen LogP contribution < -0.4 is 11.1 Å². The number of amides is 2. The van der Waals surface area contributed by atoms with Crippen molar-refractivity contribution in [3.63, 3.8) is 0 Å². The van der Waals surface area contributed by atoms with E-state index in [0.717, 1.165) is 44.2 Å². The van der Waals surface area contributed by atoms with Crippen LogP contribution in [-0.2, 0) is 4.79 Å². The number of likely N-dealkylation sites (tertiary alicyclic amines) is 1. The topological polar surface area (TPSA) is 75.4 Å². The number of carbonyl (C=O) groups excluding carboxylic acids is 2. The highest BCUT2D eigenvalue weighted by Gasteiger charge is 2.33. The van der Waals surface area contributed by atoms with Crippen LogP contribution in [0.3, 0.4) is 0 Å². The molecule has 3 rings (SSSR count). The lowest BCUT2D eigenvalue weighted by molar-refractivity contribution is -0.127. The van der Waals surface area contributed by atoms with Crippen molar-refractivity contribution in [2.24, 2.45) is 17.6 Å². The SMILES string of the molecule is Cc1ccc(C(=O)N2CCCC(C(=O)NC3CCCC3CN)C2)cc1.Cl. The summed E-state index contributed by atoms with van der Waals surface area (Å²) in [6.07, 6.45) is 4.98. The summed E-state index contributed by atoms with van der Waals surface area (Å²) in [5.74, 6) is 0.407. The fourth-order valence-corrected chi connectivity index (χ4v) is 4.06. The van der Waals surface area contributed by atoms with Gasteiger partial charge in [0.2, 0.25) is 5.91 Å². The number of carbonyl (C=O) groups is 2. The molecule has 0 radical (unpaired) electrons. The maximum absolute atomic E-state index is 12.7. The molecule has 1 aromatic rings. The predicted octanol–water partition coefficient (Wildman–Crippen LogP) is 2.51. The lowest BCUT2D eigenvalue weighted by atomic mass is 9.95. The molecule has 3 unspecified atom stereocenters. The molecule has 2 amide bonds. The van der Waals surface area contributed by atoms with Crippen molar-refractivity contribution in [2.75, 3.05) is 19.6 Å². The number of nitrogens with one attached hydrogen (secondary N) is 1. The van der Waals surface area contributed by atoms with Crippen molar-refractivity contribution in [1.29, 1.82) is 0 Å². The Balaban J connectivity index is 0.00000243.